The number of amides is 1. The summed E-state index contributed by atoms with van der Waals surface area (Å²) < 4.78 is 32.3. The summed E-state index contributed by atoms with van der Waals surface area (Å²) in [5, 5.41) is 0. The number of ketones is 1. The number of carbonyl (C=O) groups is 2. The number of halogens is 2. The zero-order valence-corrected chi connectivity index (χ0v) is 12.0. The summed E-state index contributed by atoms with van der Waals surface area (Å²) in [5.74, 6) is -3.01. The average molecular weight is 297 g/mol. The Bertz CT molecular complexity index is 572. The van der Waals surface area contributed by atoms with Crippen LogP contribution in [0, 0.1) is 17.6 Å². The van der Waals surface area contributed by atoms with Gasteiger partial charge in [0.15, 0.2) is 5.82 Å². The van der Waals surface area contributed by atoms with Gasteiger partial charge >= 0.3 is 0 Å². The van der Waals surface area contributed by atoms with Crippen molar-refractivity contribution in [1.29, 1.82) is 0 Å². The highest BCUT2D eigenvalue weighted by molar-refractivity contribution is 6.52. The lowest BCUT2D eigenvalue weighted by Crippen LogP contribution is -2.33. The quantitative estimate of drug-likeness (QED) is 0.599. The van der Waals surface area contributed by atoms with Crippen LogP contribution in [0.4, 0.5) is 14.5 Å². The van der Waals surface area contributed by atoms with E-state index in [0.717, 1.165) is 17.4 Å². The lowest BCUT2D eigenvalue weighted by atomic mass is 10.1. The summed E-state index contributed by atoms with van der Waals surface area (Å²) in [6.07, 6.45) is 0.878. The van der Waals surface area contributed by atoms with E-state index >= 15 is 0 Å². The molecule has 114 valence electrons. The molecule has 0 spiro atoms. The maximum atomic E-state index is 13.8. The SMILES string of the molecule is CC(C)CCOCCN1C(=O)C(=O)c2cc(F)cc(F)c21. The van der Waals surface area contributed by atoms with Crippen LogP contribution >= 0.6 is 0 Å². The third kappa shape index (κ3) is 3.26. The van der Waals surface area contributed by atoms with Crippen LogP contribution in [0.5, 0.6) is 0 Å². The van der Waals surface area contributed by atoms with Crippen molar-refractivity contribution in [2.24, 2.45) is 5.92 Å². The van der Waals surface area contributed by atoms with Crippen LogP contribution < -0.4 is 4.90 Å². The molecule has 0 aliphatic carbocycles. The predicted molar refractivity (Wildman–Crippen MR) is 73.3 cm³/mol. The molecule has 1 heterocycles. The van der Waals surface area contributed by atoms with Gasteiger partial charge in [0.25, 0.3) is 11.7 Å². The van der Waals surface area contributed by atoms with Gasteiger partial charge in [-0.15, -0.1) is 0 Å². The monoisotopic (exact) mass is 297 g/mol. The third-order valence-electron chi connectivity index (χ3n) is 3.28. The Morgan fingerprint density at radius 1 is 1.19 bits per heavy atom. The van der Waals surface area contributed by atoms with Crippen molar-refractivity contribution in [2.75, 3.05) is 24.7 Å². The molecular weight excluding hydrogens is 280 g/mol. The fraction of sp³-hybridized carbons (Fsp3) is 0.467. The Balaban J connectivity index is 2.05. The smallest absolute Gasteiger partial charge is 0.299 e. The van der Waals surface area contributed by atoms with Gasteiger partial charge in [-0.25, -0.2) is 8.78 Å². The highest BCUT2D eigenvalue weighted by Crippen LogP contribution is 2.32. The van der Waals surface area contributed by atoms with Crippen LogP contribution in [0.15, 0.2) is 12.1 Å². The van der Waals surface area contributed by atoms with Crippen LogP contribution in [0.2, 0.25) is 0 Å². The zero-order chi connectivity index (χ0) is 15.6. The molecular formula is C15H17F2NO3. The highest BCUT2D eigenvalue weighted by Gasteiger charge is 2.38. The van der Waals surface area contributed by atoms with Crippen molar-refractivity contribution in [1.82, 2.24) is 0 Å². The van der Waals surface area contributed by atoms with E-state index in [0.29, 0.717) is 18.6 Å². The Hall–Kier alpha value is -1.82. The van der Waals surface area contributed by atoms with Gasteiger partial charge in [-0.1, -0.05) is 13.8 Å². The van der Waals surface area contributed by atoms with Gasteiger partial charge in [0.05, 0.1) is 17.9 Å². The van der Waals surface area contributed by atoms with Gasteiger partial charge in [-0.05, 0) is 18.4 Å². The number of anilines is 1. The second-order valence-corrected chi connectivity index (χ2v) is 5.36. The molecule has 6 heteroatoms. The summed E-state index contributed by atoms with van der Waals surface area (Å²) in [5.41, 5.74) is -0.376. The standard InChI is InChI=1S/C15H17F2NO3/c1-9(2)3-5-21-6-4-18-13-11(14(19)15(18)20)7-10(16)8-12(13)17/h7-9H,3-6H2,1-2H3. The van der Waals surface area contributed by atoms with Crippen LogP contribution in [-0.2, 0) is 9.53 Å². The van der Waals surface area contributed by atoms with Crippen molar-refractivity contribution in [3.63, 3.8) is 0 Å². The third-order valence-corrected chi connectivity index (χ3v) is 3.28. The minimum Gasteiger partial charge on any atom is -0.380 e. The van der Waals surface area contributed by atoms with E-state index in [1.54, 1.807) is 0 Å². The summed E-state index contributed by atoms with van der Waals surface area (Å²) in [4.78, 5) is 24.6. The minimum atomic E-state index is -0.911. The fourth-order valence-corrected chi connectivity index (χ4v) is 2.14. The molecule has 0 unspecified atom stereocenters. The summed E-state index contributed by atoms with van der Waals surface area (Å²) >= 11 is 0. The predicted octanol–water partition coefficient (Wildman–Crippen LogP) is 2.56. The van der Waals surface area contributed by atoms with Crippen LogP contribution in [0.3, 0.4) is 0 Å². The normalized spacial score (nSPS) is 14.2. The first kappa shape index (κ1) is 15.6. The van der Waals surface area contributed by atoms with Crippen LogP contribution in [-0.4, -0.2) is 31.4 Å². The second-order valence-electron chi connectivity index (χ2n) is 5.36. The number of carbonyl (C=O) groups excluding carboxylic acids is 2. The number of Topliss-reactive ketones (excluding diaryl/α,β-unsaturated/α-hetero) is 1. The van der Waals surface area contributed by atoms with Gasteiger partial charge in [-0.3, -0.25) is 14.5 Å². The van der Waals surface area contributed by atoms with E-state index in [-0.39, 0.29) is 24.4 Å². The maximum absolute atomic E-state index is 13.8. The van der Waals surface area contributed by atoms with Gasteiger partial charge < -0.3 is 4.74 Å². The Morgan fingerprint density at radius 2 is 1.90 bits per heavy atom. The van der Waals surface area contributed by atoms with E-state index in [9.17, 15) is 18.4 Å². The molecule has 0 saturated carbocycles. The van der Waals surface area contributed by atoms with E-state index in [1.807, 2.05) is 0 Å². The first-order valence-corrected chi connectivity index (χ1v) is 6.84. The van der Waals surface area contributed by atoms with E-state index < -0.39 is 23.3 Å². The first-order valence-electron chi connectivity index (χ1n) is 6.84. The molecule has 0 saturated heterocycles. The van der Waals surface area contributed by atoms with E-state index in [4.69, 9.17) is 4.74 Å². The molecule has 1 aliphatic heterocycles. The number of nitrogens with zero attached hydrogens (tertiary/aromatic N) is 1. The molecule has 4 nitrogen and oxygen atoms in total. The van der Waals surface area contributed by atoms with Crippen LogP contribution in [0.25, 0.3) is 0 Å². The number of ether oxygens (including phenoxy) is 1. The number of benzene rings is 1. The van der Waals surface area contributed by atoms with Gasteiger partial charge in [0.1, 0.15) is 5.82 Å². The number of rotatable bonds is 6. The molecule has 0 aromatic heterocycles. The molecule has 0 atom stereocenters. The fourth-order valence-electron chi connectivity index (χ4n) is 2.14. The molecule has 2 rings (SSSR count). The van der Waals surface area contributed by atoms with Gasteiger partial charge in [-0.2, -0.15) is 0 Å². The Kier molecular flexibility index (Phi) is 4.67. The molecule has 0 radical (unpaired) electrons. The van der Waals surface area contributed by atoms with Crippen molar-refractivity contribution in [3.8, 4) is 0 Å². The summed E-state index contributed by atoms with van der Waals surface area (Å²) in [7, 11) is 0. The largest absolute Gasteiger partial charge is 0.380 e. The number of hydrogen-bond donors (Lipinski definition) is 0. The summed E-state index contributed by atoms with van der Waals surface area (Å²) in [6.45, 7) is 4.92. The van der Waals surface area contributed by atoms with Gasteiger partial charge in [0.2, 0.25) is 0 Å². The number of hydrogen-bond acceptors (Lipinski definition) is 3. The summed E-state index contributed by atoms with van der Waals surface area (Å²) in [6, 6.07) is 1.55. The topological polar surface area (TPSA) is 46.6 Å². The average Bonchev–Trinajstić information content (AvgIpc) is 2.63. The minimum absolute atomic E-state index is 0.0677. The first-order chi connectivity index (χ1) is 9.91. The molecule has 21 heavy (non-hydrogen) atoms. The molecule has 1 aliphatic rings. The van der Waals surface area contributed by atoms with E-state index in [1.165, 1.54) is 0 Å². The van der Waals surface area contributed by atoms with Crippen LogP contribution in [0.1, 0.15) is 30.6 Å². The zero-order valence-electron chi connectivity index (χ0n) is 12.0. The van der Waals surface area contributed by atoms with Crippen molar-refractivity contribution >= 4 is 17.4 Å². The second kappa shape index (κ2) is 6.30. The molecule has 0 fully saturated rings. The Labute approximate surface area is 121 Å². The molecule has 0 N–H and O–H groups in total. The molecule has 0 bridgehead atoms. The highest BCUT2D eigenvalue weighted by atomic mass is 19.1. The number of fused-ring (bicyclic) bond motifs is 1. The Morgan fingerprint density at radius 3 is 2.57 bits per heavy atom. The lowest BCUT2D eigenvalue weighted by Gasteiger charge is -2.17. The molecule has 1 amide bonds. The maximum Gasteiger partial charge on any atom is 0.299 e. The van der Waals surface area contributed by atoms with Crippen molar-refractivity contribution in [2.45, 2.75) is 20.3 Å². The molecule has 1 aromatic rings. The van der Waals surface area contributed by atoms with E-state index in [2.05, 4.69) is 13.8 Å². The van der Waals surface area contributed by atoms with Crippen molar-refractivity contribution < 1.29 is 23.1 Å². The lowest BCUT2D eigenvalue weighted by molar-refractivity contribution is -0.114. The molecule has 1 aromatic carbocycles. The van der Waals surface area contributed by atoms with Gasteiger partial charge in [0, 0.05) is 19.2 Å². The van der Waals surface area contributed by atoms with Crippen molar-refractivity contribution in [3.05, 3.63) is 29.3 Å².